The van der Waals surface area contributed by atoms with Gasteiger partial charge in [0, 0.05) is 44.8 Å². The molecule has 1 aromatic carbocycles. The molecule has 0 aliphatic carbocycles. The topological polar surface area (TPSA) is 75.6 Å². The number of hydrogen-bond donors (Lipinski definition) is 0. The van der Waals surface area contributed by atoms with Gasteiger partial charge in [-0.2, -0.15) is 21.9 Å². The highest BCUT2D eigenvalue weighted by atomic mass is 32.2. The number of halogens is 3. The maximum atomic E-state index is 12.9. The van der Waals surface area contributed by atoms with E-state index in [1.165, 1.54) is 29.0 Å². The molecule has 1 aromatic heterocycles. The number of rotatable bonds is 5. The first kappa shape index (κ1) is 20.0. The van der Waals surface area contributed by atoms with Gasteiger partial charge in [-0.25, -0.2) is 13.4 Å². The van der Waals surface area contributed by atoms with E-state index in [1.54, 1.807) is 0 Å². The predicted molar refractivity (Wildman–Crippen MR) is 93.0 cm³/mol. The first-order chi connectivity index (χ1) is 12.7. The van der Waals surface area contributed by atoms with E-state index in [0.717, 1.165) is 12.1 Å². The smallest absolute Gasteiger partial charge is 0.377 e. The third-order valence-corrected chi connectivity index (χ3v) is 6.75. The van der Waals surface area contributed by atoms with E-state index in [9.17, 15) is 21.6 Å². The number of sulfonamides is 1. The Hall–Kier alpha value is -1.76. The Kier molecular flexibility index (Phi) is 5.70. The average Bonchev–Trinajstić information content (AvgIpc) is 3.10. The van der Waals surface area contributed by atoms with E-state index in [-0.39, 0.29) is 18.0 Å². The number of aromatic nitrogens is 2. The van der Waals surface area contributed by atoms with E-state index < -0.39 is 21.8 Å². The normalized spacial score (nSPS) is 16.7. The minimum atomic E-state index is -4.60. The van der Waals surface area contributed by atoms with Crippen molar-refractivity contribution in [2.24, 2.45) is 0 Å². The van der Waals surface area contributed by atoms with Gasteiger partial charge >= 0.3 is 6.18 Å². The number of hydrogen-bond acceptors (Lipinski definition) is 7. The fourth-order valence-electron chi connectivity index (χ4n) is 2.66. The second kappa shape index (κ2) is 7.70. The highest BCUT2D eigenvalue weighted by Crippen LogP contribution is 2.31. The van der Waals surface area contributed by atoms with Crippen molar-refractivity contribution in [1.29, 1.82) is 0 Å². The standard InChI is InChI=1S/C15H17F3N4O3S2/c1-25-10-13-19-14(26-20-13)21-5-7-22(8-6-21)27(23,24)12-4-2-3-11(9-12)15(16,17)18/h2-4,9H,5-8,10H2,1H3. The second-order valence-electron chi connectivity index (χ2n) is 5.84. The first-order valence-corrected chi connectivity index (χ1v) is 10.2. The molecule has 2 aromatic rings. The van der Waals surface area contributed by atoms with Crippen molar-refractivity contribution in [3.63, 3.8) is 0 Å². The monoisotopic (exact) mass is 422 g/mol. The number of anilines is 1. The van der Waals surface area contributed by atoms with Gasteiger partial charge in [0.05, 0.1) is 10.5 Å². The highest BCUT2D eigenvalue weighted by Gasteiger charge is 2.34. The van der Waals surface area contributed by atoms with Crippen LogP contribution in [0.3, 0.4) is 0 Å². The van der Waals surface area contributed by atoms with Gasteiger partial charge in [-0.05, 0) is 18.2 Å². The van der Waals surface area contributed by atoms with Crippen LogP contribution < -0.4 is 4.90 Å². The minimum Gasteiger partial charge on any atom is -0.377 e. The number of piperazine rings is 1. The largest absolute Gasteiger partial charge is 0.416 e. The zero-order valence-corrected chi connectivity index (χ0v) is 15.9. The molecule has 1 fully saturated rings. The van der Waals surface area contributed by atoms with Gasteiger partial charge in [0.25, 0.3) is 0 Å². The van der Waals surface area contributed by atoms with Gasteiger partial charge in [0.1, 0.15) is 6.61 Å². The molecule has 0 atom stereocenters. The van der Waals surface area contributed by atoms with Gasteiger partial charge in [-0.3, -0.25) is 0 Å². The lowest BCUT2D eigenvalue weighted by atomic mass is 10.2. The molecule has 0 N–H and O–H groups in total. The van der Waals surface area contributed by atoms with Crippen LogP contribution >= 0.6 is 11.5 Å². The maximum absolute atomic E-state index is 12.9. The summed E-state index contributed by atoms with van der Waals surface area (Å²) in [5, 5.41) is 0.665. The highest BCUT2D eigenvalue weighted by molar-refractivity contribution is 7.89. The van der Waals surface area contributed by atoms with Crippen molar-refractivity contribution in [1.82, 2.24) is 13.7 Å². The summed E-state index contributed by atoms with van der Waals surface area (Å²) in [6.45, 7) is 1.34. The van der Waals surface area contributed by atoms with Gasteiger partial charge in [-0.1, -0.05) is 6.07 Å². The van der Waals surface area contributed by atoms with Gasteiger partial charge in [0.2, 0.25) is 15.2 Å². The van der Waals surface area contributed by atoms with Crippen molar-refractivity contribution >= 4 is 26.7 Å². The summed E-state index contributed by atoms with van der Waals surface area (Å²) in [5.41, 5.74) is -0.984. The summed E-state index contributed by atoms with van der Waals surface area (Å²) < 4.78 is 74.3. The Labute approximate surface area is 158 Å². The van der Waals surface area contributed by atoms with E-state index in [4.69, 9.17) is 4.74 Å². The molecule has 2 heterocycles. The van der Waals surface area contributed by atoms with Crippen LogP contribution in [0.15, 0.2) is 29.2 Å². The van der Waals surface area contributed by atoms with Crippen LogP contribution in [0.4, 0.5) is 18.3 Å². The number of alkyl halides is 3. The van der Waals surface area contributed by atoms with E-state index in [0.29, 0.717) is 36.7 Å². The zero-order valence-electron chi connectivity index (χ0n) is 14.3. The predicted octanol–water partition coefficient (Wildman–Crippen LogP) is 2.21. The Morgan fingerprint density at radius 3 is 2.56 bits per heavy atom. The van der Waals surface area contributed by atoms with Crippen molar-refractivity contribution in [2.45, 2.75) is 17.7 Å². The maximum Gasteiger partial charge on any atom is 0.416 e. The summed E-state index contributed by atoms with van der Waals surface area (Å²) in [7, 11) is -2.46. The van der Waals surface area contributed by atoms with Crippen LogP contribution in [0.5, 0.6) is 0 Å². The molecular formula is C15H17F3N4O3S2. The quantitative estimate of drug-likeness (QED) is 0.736. The van der Waals surface area contributed by atoms with Crippen LogP contribution in [0, 0.1) is 0 Å². The third kappa shape index (κ3) is 4.39. The fourth-order valence-corrected chi connectivity index (χ4v) is 4.86. The summed E-state index contributed by atoms with van der Waals surface area (Å²) in [6.07, 6.45) is -4.60. The van der Waals surface area contributed by atoms with Crippen LogP contribution in [0.1, 0.15) is 11.4 Å². The van der Waals surface area contributed by atoms with E-state index in [2.05, 4.69) is 9.36 Å². The minimum absolute atomic E-state index is 0.151. The molecule has 1 saturated heterocycles. The number of ether oxygens (including phenoxy) is 1. The Bertz CT molecular complexity index is 894. The van der Waals surface area contributed by atoms with Crippen LogP contribution in [0.25, 0.3) is 0 Å². The SMILES string of the molecule is COCc1nsc(N2CCN(S(=O)(=O)c3cccc(C(F)(F)F)c3)CC2)n1. The molecule has 3 rings (SSSR count). The molecule has 1 aliphatic heterocycles. The lowest BCUT2D eigenvalue weighted by molar-refractivity contribution is -0.137. The van der Waals surface area contributed by atoms with Crippen molar-refractivity contribution in [3.05, 3.63) is 35.7 Å². The Balaban J connectivity index is 1.71. The number of benzene rings is 1. The molecule has 148 valence electrons. The zero-order chi connectivity index (χ0) is 19.7. The number of methoxy groups -OCH3 is 1. The lowest BCUT2D eigenvalue weighted by Crippen LogP contribution is -2.48. The molecule has 0 unspecified atom stereocenters. The van der Waals surface area contributed by atoms with E-state index >= 15 is 0 Å². The van der Waals surface area contributed by atoms with Gasteiger partial charge in [-0.15, -0.1) is 0 Å². The molecule has 0 radical (unpaired) electrons. The molecule has 12 heteroatoms. The molecule has 7 nitrogen and oxygen atoms in total. The Morgan fingerprint density at radius 2 is 1.93 bits per heavy atom. The molecular weight excluding hydrogens is 405 g/mol. The fraction of sp³-hybridized carbons (Fsp3) is 0.467. The summed E-state index contributed by atoms with van der Waals surface area (Å²) in [5.74, 6) is 0.552. The average molecular weight is 422 g/mol. The van der Waals surface area contributed by atoms with Gasteiger partial charge < -0.3 is 9.64 Å². The summed E-state index contributed by atoms with van der Waals surface area (Å²) in [4.78, 5) is 5.86. The molecule has 0 saturated carbocycles. The van der Waals surface area contributed by atoms with E-state index in [1.807, 2.05) is 4.90 Å². The van der Waals surface area contributed by atoms with Crippen LogP contribution in [0.2, 0.25) is 0 Å². The third-order valence-electron chi connectivity index (χ3n) is 4.04. The van der Waals surface area contributed by atoms with Crippen molar-refractivity contribution in [2.75, 3.05) is 38.2 Å². The molecule has 0 bridgehead atoms. The Morgan fingerprint density at radius 1 is 1.22 bits per heavy atom. The van der Waals surface area contributed by atoms with Crippen LogP contribution in [-0.2, 0) is 27.5 Å². The second-order valence-corrected chi connectivity index (χ2v) is 8.51. The van der Waals surface area contributed by atoms with Crippen molar-refractivity contribution in [3.8, 4) is 0 Å². The van der Waals surface area contributed by atoms with Crippen molar-refractivity contribution < 1.29 is 26.3 Å². The number of nitrogens with zero attached hydrogens (tertiary/aromatic N) is 4. The molecule has 0 amide bonds. The lowest BCUT2D eigenvalue weighted by Gasteiger charge is -2.33. The molecule has 27 heavy (non-hydrogen) atoms. The first-order valence-electron chi connectivity index (χ1n) is 7.95. The van der Waals surface area contributed by atoms with Crippen LogP contribution in [-0.4, -0.2) is 55.4 Å². The molecule has 0 spiro atoms. The molecule has 1 aliphatic rings. The summed E-state index contributed by atoms with van der Waals surface area (Å²) in [6, 6.07) is 3.80. The van der Waals surface area contributed by atoms with Gasteiger partial charge in [0.15, 0.2) is 5.82 Å². The summed E-state index contributed by atoms with van der Waals surface area (Å²) >= 11 is 1.20.